The summed E-state index contributed by atoms with van der Waals surface area (Å²) in [4.78, 5) is 6.73. The highest BCUT2D eigenvalue weighted by molar-refractivity contribution is 7.92. The van der Waals surface area contributed by atoms with Gasteiger partial charge in [0.2, 0.25) is 0 Å². The Morgan fingerprint density at radius 1 is 1.29 bits per heavy atom. The summed E-state index contributed by atoms with van der Waals surface area (Å²) in [5, 5.41) is 3.31. The molecule has 1 fully saturated rings. The van der Waals surface area contributed by atoms with Gasteiger partial charge in [-0.15, -0.1) is 0 Å². The van der Waals surface area contributed by atoms with E-state index in [-0.39, 0.29) is 17.0 Å². The molecule has 1 aromatic carbocycles. The SMILES string of the molecule is CCN(c1ccccc1)S(=O)(=O)c1ccc(NC(C)C2CN(C)CCO2)nc1. The number of anilines is 2. The summed E-state index contributed by atoms with van der Waals surface area (Å²) < 4.78 is 33.2. The molecule has 0 aliphatic carbocycles. The van der Waals surface area contributed by atoms with E-state index in [1.54, 1.807) is 24.3 Å². The molecule has 0 spiro atoms. The average molecular weight is 405 g/mol. The summed E-state index contributed by atoms with van der Waals surface area (Å²) in [6.45, 7) is 6.70. The van der Waals surface area contributed by atoms with Gasteiger partial charge in [0.05, 0.1) is 24.4 Å². The van der Waals surface area contributed by atoms with Gasteiger partial charge in [0.15, 0.2) is 0 Å². The Bertz CT molecular complexity index is 859. The Morgan fingerprint density at radius 2 is 2.04 bits per heavy atom. The first-order valence-corrected chi connectivity index (χ1v) is 11.0. The second kappa shape index (κ2) is 8.89. The van der Waals surface area contributed by atoms with E-state index in [4.69, 9.17) is 4.74 Å². The molecule has 1 aliphatic heterocycles. The normalized spacial score (nSPS) is 19.2. The number of nitrogens with one attached hydrogen (secondary N) is 1. The van der Waals surface area contributed by atoms with E-state index >= 15 is 0 Å². The van der Waals surface area contributed by atoms with Gasteiger partial charge in [-0.3, -0.25) is 4.31 Å². The van der Waals surface area contributed by atoms with Crippen molar-refractivity contribution in [2.45, 2.75) is 30.9 Å². The number of nitrogens with zero attached hydrogens (tertiary/aromatic N) is 3. The molecule has 0 radical (unpaired) electrons. The molecule has 2 unspecified atom stereocenters. The third-order valence-electron chi connectivity index (χ3n) is 4.89. The molecule has 7 nitrogen and oxygen atoms in total. The number of rotatable bonds is 7. The van der Waals surface area contributed by atoms with Crippen LogP contribution in [0.2, 0.25) is 0 Å². The third-order valence-corrected chi connectivity index (χ3v) is 6.77. The minimum atomic E-state index is -3.67. The first-order chi connectivity index (χ1) is 13.4. The van der Waals surface area contributed by atoms with Gasteiger partial charge >= 0.3 is 0 Å². The van der Waals surface area contributed by atoms with Crippen LogP contribution in [0.25, 0.3) is 0 Å². The van der Waals surface area contributed by atoms with E-state index in [0.717, 1.165) is 13.1 Å². The van der Waals surface area contributed by atoms with Crippen molar-refractivity contribution in [1.82, 2.24) is 9.88 Å². The number of hydrogen-bond donors (Lipinski definition) is 1. The quantitative estimate of drug-likeness (QED) is 0.764. The monoisotopic (exact) mass is 404 g/mol. The lowest BCUT2D eigenvalue weighted by atomic mass is 10.1. The van der Waals surface area contributed by atoms with Crippen LogP contribution in [0.1, 0.15) is 13.8 Å². The fourth-order valence-corrected chi connectivity index (χ4v) is 4.69. The Morgan fingerprint density at radius 3 is 2.64 bits per heavy atom. The summed E-state index contributed by atoms with van der Waals surface area (Å²) in [7, 11) is -1.59. The molecule has 1 saturated heterocycles. The molecule has 8 heteroatoms. The van der Waals surface area contributed by atoms with Gasteiger partial charge in [-0.05, 0) is 45.2 Å². The van der Waals surface area contributed by atoms with Crippen molar-refractivity contribution in [3.05, 3.63) is 48.7 Å². The summed E-state index contributed by atoms with van der Waals surface area (Å²) in [6.07, 6.45) is 1.47. The first kappa shape index (κ1) is 20.6. The summed E-state index contributed by atoms with van der Waals surface area (Å²) in [5.41, 5.74) is 0.638. The van der Waals surface area contributed by atoms with Crippen molar-refractivity contribution >= 4 is 21.5 Å². The summed E-state index contributed by atoms with van der Waals surface area (Å²) in [6, 6.07) is 12.4. The van der Waals surface area contributed by atoms with E-state index in [1.165, 1.54) is 10.5 Å². The highest BCUT2D eigenvalue weighted by Gasteiger charge is 2.25. The fourth-order valence-electron chi connectivity index (χ4n) is 3.27. The molecule has 152 valence electrons. The average Bonchev–Trinajstić information content (AvgIpc) is 2.69. The predicted molar refractivity (Wildman–Crippen MR) is 111 cm³/mol. The zero-order chi connectivity index (χ0) is 20.1. The zero-order valence-corrected chi connectivity index (χ0v) is 17.4. The molecular formula is C20H28N4O3S. The Labute approximate surface area is 167 Å². The Kier molecular flexibility index (Phi) is 6.53. The van der Waals surface area contributed by atoms with Gasteiger partial charge in [0, 0.05) is 25.8 Å². The van der Waals surface area contributed by atoms with E-state index in [0.29, 0.717) is 24.7 Å². The maximum Gasteiger partial charge on any atom is 0.265 e. The van der Waals surface area contributed by atoms with Crippen LogP contribution in [-0.4, -0.2) is 63.7 Å². The van der Waals surface area contributed by atoms with Crippen molar-refractivity contribution in [2.24, 2.45) is 0 Å². The molecule has 0 bridgehead atoms. The standard InChI is InChI=1S/C20H28N4O3S/c1-4-24(17-8-6-5-7-9-17)28(25,26)18-10-11-20(21-14-18)22-16(2)19-15-23(3)12-13-27-19/h5-11,14,16,19H,4,12-13,15H2,1-3H3,(H,21,22). The molecule has 1 N–H and O–H groups in total. The van der Waals surface area contributed by atoms with Crippen molar-refractivity contribution in [3.63, 3.8) is 0 Å². The van der Waals surface area contributed by atoms with Crippen LogP contribution < -0.4 is 9.62 Å². The van der Waals surface area contributed by atoms with Crippen LogP contribution >= 0.6 is 0 Å². The summed E-state index contributed by atoms with van der Waals surface area (Å²) >= 11 is 0. The largest absolute Gasteiger partial charge is 0.373 e. The molecule has 2 aromatic rings. The molecule has 28 heavy (non-hydrogen) atoms. The van der Waals surface area contributed by atoms with Gasteiger partial charge in [-0.25, -0.2) is 13.4 Å². The fraction of sp³-hybridized carbons (Fsp3) is 0.450. The van der Waals surface area contributed by atoms with Crippen LogP contribution in [0.15, 0.2) is 53.6 Å². The van der Waals surface area contributed by atoms with Crippen molar-refractivity contribution in [1.29, 1.82) is 0 Å². The van der Waals surface area contributed by atoms with E-state index in [1.807, 2.05) is 32.0 Å². The second-order valence-electron chi connectivity index (χ2n) is 6.99. The number of ether oxygens (including phenoxy) is 1. The van der Waals surface area contributed by atoms with Crippen LogP contribution in [0, 0.1) is 0 Å². The number of likely N-dealkylation sites (N-methyl/N-ethyl adjacent to an activating group) is 1. The summed E-state index contributed by atoms with van der Waals surface area (Å²) in [5.74, 6) is 0.631. The number of benzene rings is 1. The van der Waals surface area contributed by atoms with Gasteiger partial charge in [0.25, 0.3) is 10.0 Å². The first-order valence-electron chi connectivity index (χ1n) is 9.52. The number of pyridine rings is 1. The van der Waals surface area contributed by atoms with Gasteiger partial charge in [-0.1, -0.05) is 18.2 Å². The number of para-hydroxylation sites is 1. The lowest BCUT2D eigenvalue weighted by Crippen LogP contribution is -2.47. The lowest BCUT2D eigenvalue weighted by molar-refractivity contribution is -0.0259. The van der Waals surface area contributed by atoms with Gasteiger partial charge < -0.3 is 15.0 Å². The molecule has 0 saturated carbocycles. The van der Waals surface area contributed by atoms with Gasteiger partial charge in [-0.2, -0.15) is 0 Å². The van der Waals surface area contributed by atoms with Crippen molar-refractivity contribution in [2.75, 3.05) is 42.9 Å². The highest BCUT2D eigenvalue weighted by Crippen LogP contribution is 2.23. The van der Waals surface area contributed by atoms with Crippen LogP contribution in [0.5, 0.6) is 0 Å². The van der Waals surface area contributed by atoms with Crippen molar-refractivity contribution < 1.29 is 13.2 Å². The van der Waals surface area contributed by atoms with Crippen LogP contribution in [0.3, 0.4) is 0 Å². The number of hydrogen-bond acceptors (Lipinski definition) is 6. The molecule has 1 aliphatic rings. The number of aromatic nitrogens is 1. The van der Waals surface area contributed by atoms with Gasteiger partial charge in [0.1, 0.15) is 10.7 Å². The smallest absolute Gasteiger partial charge is 0.265 e. The third kappa shape index (κ3) is 4.63. The minimum absolute atomic E-state index is 0.0640. The molecule has 1 aromatic heterocycles. The highest BCUT2D eigenvalue weighted by atomic mass is 32.2. The Hall–Kier alpha value is -2.16. The van der Waals surface area contributed by atoms with Crippen molar-refractivity contribution in [3.8, 4) is 0 Å². The second-order valence-corrected chi connectivity index (χ2v) is 8.85. The maximum absolute atomic E-state index is 13.0. The molecule has 2 heterocycles. The zero-order valence-electron chi connectivity index (χ0n) is 16.6. The molecule has 2 atom stereocenters. The van der Waals surface area contributed by atoms with E-state index in [2.05, 4.69) is 22.2 Å². The maximum atomic E-state index is 13.0. The number of morpholine rings is 1. The van der Waals surface area contributed by atoms with E-state index in [9.17, 15) is 8.42 Å². The van der Waals surface area contributed by atoms with E-state index < -0.39 is 10.0 Å². The topological polar surface area (TPSA) is 74.8 Å². The predicted octanol–water partition coefficient (Wildman–Crippen LogP) is 2.43. The Balaban J connectivity index is 1.72. The molecule has 3 rings (SSSR count). The minimum Gasteiger partial charge on any atom is -0.373 e. The number of sulfonamides is 1. The molecular weight excluding hydrogens is 376 g/mol. The molecule has 0 amide bonds. The van der Waals surface area contributed by atoms with Crippen LogP contribution in [-0.2, 0) is 14.8 Å². The van der Waals surface area contributed by atoms with Crippen LogP contribution in [0.4, 0.5) is 11.5 Å². The lowest BCUT2D eigenvalue weighted by Gasteiger charge is -2.34.